The van der Waals surface area contributed by atoms with Gasteiger partial charge < -0.3 is 9.84 Å². The number of unbranched alkanes of at least 4 members (excludes halogenated alkanes) is 5. The first-order chi connectivity index (χ1) is 9.65. The largest absolute Gasteiger partial charge is 0.386 e. The van der Waals surface area contributed by atoms with E-state index in [0.29, 0.717) is 6.61 Å². The van der Waals surface area contributed by atoms with Crippen LogP contribution in [-0.2, 0) is 4.74 Å². The third-order valence-corrected chi connectivity index (χ3v) is 3.70. The molecule has 0 aromatic heterocycles. The average Bonchev–Trinajstić information content (AvgIpc) is 2.41. The molecule has 0 aliphatic carbocycles. The Morgan fingerprint density at radius 1 is 1.05 bits per heavy atom. The smallest absolute Gasteiger partial charge is 0.103 e. The van der Waals surface area contributed by atoms with Gasteiger partial charge in [0, 0.05) is 6.61 Å². The number of aliphatic hydroxyl groups is 1. The van der Waals surface area contributed by atoms with Gasteiger partial charge in [0.15, 0.2) is 0 Å². The first kappa shape index (κ1) is 17.2. The van der Waals surface area contributed by atoms with E-state index in [1.807, 2.05) is 19.1 Å². The molecule has 0 radical (unpaired) electrons. The van der Waals surface area contributed by atoms with Gasteiger partial charge in [-0.15, -0.1) is 0 Å². The van der Waals surface area contributed by atoms with E-state index in [2.05, 4.69) is 19.9 Å². The van der Waals surface area contributed by atoms with Crippen LogP contribution >= 0.6 is 0 Å². The highest BCUT2D eigenvalue weighted by molar-refractivity contribution is 5.31. The van der Waals surface area contributed by atoms with Crippen LogP contribution in [0.2, 0.25) is 0 Å². The molecule has 0 amide bonds. The zero-order valence-corrected chi connectivity index (χ0v) is 13.3. The Morgan fingerprint density at radius 2 is 1.75 bits per heavy atom. The maximum absolute atomic E-state index is 10.1. The lowest BCUT2D eigenvalue weighted by atomic mass is 10.0. The normalized spacial score (nSPS) is 12.6. The van der Waals surface area contributed by atoms with Crippen molar-refractivity contribution in [3.8, 4) is 0 Å². The highest BCUT2D eigenvalue weighted by Crippen LogP contribution is 2.19. The minimum absolute atomic E-state index is 0.402. The highest BCUT2D eigenvalue weighted by atomic mass is 16.5. The Labute approximate surface area is 124 Å². The summed E-state index contributed by atoms with van der Waals surface area (Å²) in [6.07, 6.45) is 7.10. The van der Waals surface area contributed by atoms with Crippen molar-refractivity contribution < 1.29 is 9.84 Å². The van der Waals surface area contributed by atoms with E-state index in [1.54, 1.807) is 0 Å². The fourth-order valence-corrected chi connectivity index (χ4v) is 2.47. The SMILES string of the molecule is CCCCCCCCOCC(O)c1ccc(C)cc1C. The molecule has 0 saturated heterocycles. The van der Waals surface area contributed by atoms with E-state index in [0.717, 1.165) is 24.2 Å². The van der Waals surface area contributed by atoms with E-state index in [1.165, 1.54) is 37.7 Å². The third-order valence-electron chi connectivity index (χ3n) is 3.70. The fourth-order valence-electron chi connectivity index (χ4n) is 2.47. The number of rotatable bonds is 10. The van der Waals surface area contributed by atoms with Crippen LogP contribution in [0.4, 0.5) is 0 Å². The molecule has 1 rings (SSSR count). The van der Waals surface area contributed by atoms with E-state index in [9.17, 15) is 5.11 Å². The number of aliphatic hydroxyl groups excluding tert-OH is 1. The first-order valence-electron chi connectivity index (χ1n) is 7.98. The molecular formula is C18H30O2. The van der Waals surface area contributed by atoms with Gasteiger partial charge in [-0.3, -0.25) is 0 Å². The summed E-state index contributed by atoms with van der Waals surface area (Å²) in [5.74, 6) is 0. The predicted molar refractivity (Wildman–Crippen MR) is 85.1 cm³/mol. The van der Waals surface area contributed by atoms with Crippen LogP contribution in [0.5, 0.6) is 0 Å². The zero-order chi connectivity index (χ0) is 14.8. The quantitative estimate of drug-likeness (QED) is 0.628. The summed E-state index contributed by atoms with van der Waals surface area (Å²) in [5, 5.41) is 10.1. The number of hydrogen-bond acceptors (Lipinski definition) is 2. The summed E-state index contributed by atoms with van der Waals surface area (Å²) in [5.41, 5.74) is 3.35. The minimum atomic E-state index is -0.504. The second-order valence-corrected chi connectivity index (χ2v) is 5.72. The van der Waals surface area contributed by atoms with E-state index in [4.69, 9.17) is 4.74 Å². The molecular weight excluding hydrogens is 248 g/mol. The van der Waals surface area contributed by atoms with Crippen molar-refractivity contribution in [3.05, 3.63) is 34.9 Å². The van der Waals surface area contributed by atoms with Crippen LogP contribution in [0.15, 0.2) is 18.2 Å². The third kappa shape index (κ3) is 6.53. The van der Waals surface area contributed by atoms with Crippen LogP contribution in [0, 0.1) is 13.8 Å². The number of hydrogen-bond donors (Lipinski definition) is 1. The van der Waals surface area contributed by atoms with Gasteiger partial charge in [0.25, 0.3) is 0 Å². The van der Waals surface area contributed by atoms with E-state index < -0.39 is 6.10 Å². The van der Waals surface area contributed by atoms with Crippen LogP contribution in [0.3, 0.4) is 0 Å². The molecule has 2 nitrogen and oxygen atoms in total. The van der Waals surface area contributed by atoms with Crippen molar-refractivity contribution in [2.24, 2.45) is 0 Å². The molecule has 0 saturated carbocycles. The van der Waals surface area contributed by atoms with Gasteiger partial charge in [-0.1, -0.05) is 62.8 Å². The van der Waals surface area contributed by atoms with Gasteiger partial charge in [0.2, 0.25) is 0 Å². The molecule has 0 fully saturated rings. The van der Waals surface area contributed by atoms with Crippen molar-refractivity contribution in [1.82, 2.24) is 0 Å². The molecule has 0 bridgehead atoms. The first-order valence-corrected chi connectivity index (χ1v) is 7.98. The van der Waals surface area contributed by atoms with Crippen molar-refractivity contribution >= 4 is 0 Å². The summed E-state index contributed by atoms with van der Waals surface area (Å²) in [6, 6.07) is 6.15. The molecule has 0 aliphatic heterocycles. The van der Waals surface area contributed by atoms with Gasteiger partial charge in [0.05, 0.1) is 6.61 Å². The standard InChI is InChI=1S/C18H30O2/c1-4-5-6-7-8-9-12-20-14-18(19)17-11-10-15(2)13-16(17)3/h10-11,13,18-19H,4-9,12,14H2,1-3H3. The molecule has 1 aromatic carbocycles. The summed E-state index contributed by atoms with van der Waals surface area (Å²) in [4.78, 5) is 0. The van der Waals surface area contributed by atoms with Gasteiger partial charge in [-0.05, 0) is 31.4 Å². The molecule has 0 spiro atoms. The van der Waals surface area contributed by atoms with Crippen molar-refractivity contribution in [3.63, 3.8) is 0 Å². The number of ether oxygens (including phenoxy) is 1. The lowest BCUT2D eigenvalue weighted by Gasteiger charge is -2.14. The zero-order valence-electron chi connectivity index (χ0n) is 13.3. The molecule has 114 valence electrons. The fraction of sp³-hybridized carbons (Fsp3) is 0.667. The minimum Gasteiger partial charge on any atom is -0.386 e. The lowest BCUT2D eigenvalue weighted by Crippen LogP contribution is -2.09. The maximum atomic E-state index is 10.1. The monoisotopic (exact) mass is 278 g/mol. The molecule has 2 heteroatoms. The van der Waals surface area contributed by atoms with Gasteiger partial charge in [0.1, 0.15) is 6.10 Å². The van der Waals surface area contributed by atoms with Crippen molar-refractivity contribution in [1.29, 1.82) is 0 Å². The number of benzene rings is 1. The predicted octanol–water partition coefficient (Wildman–Crippen LogP) is 4.71. The Bertz CT molecular complexity index is 374. The van der Waals surface area contributed by atoms with Crippen LogP contribution < -0.4 is 0 Å². The molecule has 1 atom stereocenters. The van der Waals surface area contributed by atoms with Crippen molar-refractivity contribution in [2.45, 2.75) is 65.4 Å². The van der Waals surface area contributed by atoms with Crippen LogP contribution in [-0.4, -0.2) is 18.3 Å². The molecule has 1 unspecified atom stereocenters. The van der Waals surface area contributed by atoms with Crippen molar-refractivity contribution in [2.75, 3.05) is 13.2 Å². The summed E-state index contributed by atoms with van der Waals surface area (Å²) in [6.45, 7) is 7.50. The molecule has 0 aliphatic rings. The lowest BCUT2D eigenvalue weighted by molar-refractivity contribution is 0.0341. The second kappa shape index (κ2) is 9.95. The molecule has 1 N–H and O–H groups in total. The molecule has 1 aromatic rings. The maximum Gasteiger partial charge on any atom is 0.103 e. The Balaban J connectivity index is 2.15. The average molecular weight is 278 g/mol. The van der Waals surface area contributed by atoms with E-state index >= 15 is 0 Å². The Hall–Kier alpha value is -0.860. The second-order valence-electron chi connectivity index (χ2n) is 5.72. The van der Waals surface area contributed by atoms with E-state index in [-0.39, 0.29) is 0 Å². The molecule has 0 heterocycles. The summed E-state index contributed by atoms with van der Waals surface area (Å²) >= 11 is 0. The topological polar surface area (TPSA) is 29.5 Å². The van der Waals surface area contributed by atoms with Gasteiger partial charge in [-0.25, -0.2) is 0 Å². The van der Waals surface area contributed by atoms with Gasteiger partial charge >= 0.3 is 0 Å². The Morgan fingerprint density at radius 3 is 2.45 bits per heavy atom. The Kier molecular flexibility index (Phi) is 8.56. The number of aryl methyl sites for hydroxylation is 2. The highest BCUT2D eigenvalue weighted by Gasteiger charge is 2.10. The van der Waals surface area contributed by atoms with Crippen LogP contribution in [0.25, 0.3) is 0 Å². The summed E-state index contributed by atoms with van der Waals surface area (Å²) in [7, 11) is 0. The summed E-state index contributed by atoms with van der Waals surface area (Å²) < 4.78 is 5.59. The van der Waals surface area contributed by atoms with Gasteiger partial charge in [-0.2, -0.15) is 0 Å². The van der Waals surface area contributed by atoms with Crippen LogP contribution in [0.1, 0.15) is 68.2 Å². The molecule has 20 heavy (non-hydrogen) atoms.